The lowest BCUT2D eigenvalue weighted by molar-refractivity contribution is 0.0892. The van der Waals surface area contributed by atoms with E-state index >= 15 is 0 Å². The van der Waals surface area contributed by atoms with E-state index in [1.807, 2.05) is 13.8 Å². The normalized spacial score (nSPS) is 11.2. The van der Waals surface area contributed by atoms with Crippen molar-refractivity contribution >= 4 is 5.91 Å². The summed E-state index contributed by atoms with van der Waals surface area (Å²) < 4.78 is 4.98. The number of phenolic OH excluding ortho intramolecular Hbond substituents is 1. The second-order valence-electron chi connectivity index (χ2n) is 4.53. The van der Waals surface area contributed by atoms with Crippen LogP contribution >= 0.6 is 0 Å². The topological polar surface area (TPSA) is 84.6 Å². The van der Waals surface area contributed by atoms with Crippen molar-refractivity contribution in [2.75, 3.05) is 13.7 Å². The van der Waals surface area contributed by atoms with Crippen LogP contribution in [0.5, 0.6) is 11.5 Å². The first kappa shape index (κ1) is 15.3. The van der Waals surface area contributed by atoms with E-state index in [1.54, 1.807) is 6.07 Å². The lowest BCUT2D eigenvalue weighted by atomic mass is 9.92. The molecule has 5 nitrogen and oxygen atoms in total. The summed E-state index contributed by atoms with van der Waals surface area (Å²) in [5, 5.41) is 12.7. The molecule has 0 heterocycles. The third kappa shape index (κ3) is 3.38. The second kappa shape index (κ2) is 6.43. The number of ether oxygens (including phenoxy) is 1. The predicted molar refractivity (Wildman–Crippen MR) is 74.5 cm³/mol. The minimum Gasteiger partial charge on any atom is -0.507 e. The average Bonchev–Trinajstić information content (AvgIpc) is 2.44. The average molecular weight is 266 g/mol. The van der Waals surface area contributed by atoms with Gasteiger partial charge in [-0.1, -0.05) is 13.8 Å². The van der Waals surface area contributed by atoms with Crippen molar-refractivity contribution in [2.45, 2.75) is 32.2 Å². The van der Waals surface area contributed by atoms with Gasteiger partial charge in [0.2, 0.25) is 0 Å². The predicted octanol–water partition coefficient (Wildman–Crippen LogP) is 1.65. The SMILES string of the molecule is CCC(CC)(CN)NC(=O)c1ccc(OC)cc1O. The number of carbonyl (C=O) groups excluding carboxylic acids is 1. The number of benzene rings is 1. The van der Waals surface area contributed by atoms with Gasteiger partial charge in [0.05, 0.1) is 18.2 Å². The molecule has 0 saturated carbocycles. The third-order valence-corrected chi connectivity index (χ3v) is 3.57. The van der Waals surface area contributed by atoms with Crippen LogP contribution in [0.2, 0.25) is 0 Å². The van der Waals surface area contributed by atoms with Gasteiger partial charge >= 0.3 is 0 Å². The van der Waals surface area contributed by atoms with E-state index in [0.29, 0.717) is 12.3 Å². The van der Waals surface area contributed by atoms with E-state index in [1.165, 1.54) is 19.2 Å². The van der Waals surface area contributed by atoms with Crippen molar-refractivity contribution < 1.29 is 14.6 Å². The zero-order valence-electron chi connectivity index (χ0n) is 11.7. The fourth-order valence-corrected chi connectivity index (χ4v) is 1.91. The summed E-state index contributed by atoms with van der Waals surface area (Å²) in [6.45, 7) is 4.32. The molecule has 5 heteroatoms. The Hall–Kier alpha value is -1.75. The Balaban J connectivity index is 2.95. The molecule has 0 fully saturated rings. The third-order valence-electron chi connectivity index (χ3n) is 3.57. The minimum absolute atomic E-state index is 0.102. The smallest absolute Gasteiger partial charge is 0.255 e. The van der Waals surface area contributed by atoms with Crippen LogP contribution in [0.1, 0.15) is 37.0 Å². The maximum absolute atomic E-state index is 12.2. The van der Waals surface area contributed by atoms with Gasteiger partial charge in [0.1, 0.15) is 11.5 Å². The highest BCUT2D eigenvalue weighted by Crippen LogP contribution is 2.24. The van der Waals surface area contributed by atoms with Gasteiger partial charge in [-0.05, 0) is 25.0 Å². The van der Waals surface area contributed by atoms with Gasteiger partial charge in [-0.2, -0.15) is 0 Å². The molecule has 1 aromatic rings. The second-order valence-corrected chi connectivity index (χ2v) is 4.53. The Morgan fingerprint density at radius 2 is 2.05 bits per heavy atom. The highest BCUT2D eigenvalue weighted by Gasteiger charge is 2.27. The molecule has 19 heavy (non-hydrogen) atoms. The number of amides is 1. The molecule has 0 aliphatic carbocycles. The molecule has 0 spiro atoms. The summed E-state index contributed by atoms with van der Waals surface area (Å²) in [5.74, 6) is 0.0781. The van der Waals surface area contributed by atoms with Gasteiger partial charge in [0, 0.05) is 12.6 Å². The number of methoxy groups -OCH3 is 1. The molecule has 0 aromatic heterocycles. The van der Waals surface area contributed by atoms with Crippen molar-refractivity contribution in [1.82, 2.24) is 5.32 Å². The Labute approximate surface area is 113 Å². The van der Waals surface area contributed by atoms with E-state index in [-0.39, 0.29) is 17.2 Å². The fourth-order valence-electron chi connectivity index (χ4n) is 1.91. The summed E-state index contributed by atoms with van der Waals surface area (Å²) in [5.41, 5.74) is 5.54. The summed E-state index contributed by atoms with van der Waals surface area (Å²) in [6.07, 6.45) is 1.48. The molecule has 0 saturated heterocycles. The maximum atomic E-state index is 12.2. The van der Waals surface area contributed by atoms with Crippen LogP contribution in [0, 0.1) is 0 Å². The molecular formula is C14H22N2O3. The standard InChI is InChI=1S/C14H22N2O3/c1-4-14(5-2,9-15)16-13(18)11-7-6-10(19-3)8-12(11)17/h6-8,17H,4-5,9,15H2,1-3H3,(H,16,18). The van der Waals surface area contributed by atoms with Crippen molar-refractivity contribution in [3.05, 3.63) is 23.8 Å². The molecule has 1 aromatic carbocycles. The maximum Gasteiger partial charge on any atom is 0.255 e. The molecule has 0 radical (unpaired) electrons. The van der Waals surface area contributed by atoms with Gasteiger partial charge in [0.15, 0.2) is 0 Å². The number of rotatable bonds is 6. The van der Waals surface area contributed by atoms with Crippen molar-refractivity contribution in [3.63, 3.8) is 0 Å². The summed E-state index contributed by atoms with van der Waals surface area (Å²) in [6, 6.07) is 4.59. The number of carbonyl (C=O) groups is 1. The van der Waals surface area contributed by atoms with Gasteiger partial charge in [-0.15, -0.1) is 0 Å². The molecule has 0 atom stereocenters. The Morgan fingerprint density at radius 1 is 1.42 bits per heavy atom. The van der Waals surface area contributed by atoms with E-state index in [0.717, 1.165) is 12.8 Å². The van der Waals surface area contributed by atoms with Crippen LogP contribution in [0.25, 0.3) is 0 Å². The van der Waals surface area contributed by atoms with Gasteiger partial charge in [-0.3, -0.25) is 4.79 Å². The fraction of sp³-hybridized carbons (Fsp3) is 0.500. The lowest BCUT2D eigenvalue weighted by Gasteiger charge is -2.31. The highest BCUT2D eigenvalue weighted by atomic mass is 16.5. The number of nitrogens with one attached hydrogen (secondary N) is 1. The van der Waals surface area contributed by atoms with E-state index in [4.69, 9.17) is 10.5 Å². The molecule has 106 valence electrons. The number of aromatic hydroxyl groups is 1. The van der Waals surface area contributed by atoms with Crippen molar-refractivity contribution in [2.24, 2.45) is 5.73 Å². The van der Waals surface area contributed by atoms with Crippen LogP contribution in [0.4, 0.5) is 0 Å². The van der Waals surface area contributed by atoms with Crippen LogP contribution in [-0.4, -0.2) is 30.2 Å². The minimum atomic E-state index is -0.427. The van der Waals surface area contributed by atoms with E-state index in [9.17, 15) is 9.90 Å². The summed E-state index contributed by atoms with van der Waals surface area (Å²) in [4.78, 5) is 12.2. The Morgan fingerprint density at radius 3 is 2.47 bits per heavy atom. The first-order chi connectivity index (χ1) is 9.01. The van der Waals surface area contributed by atoms with Gasteiger partial charge in [0.25, 0.3) is 5.91 Å². The van der Waals surface area contributed by atoms with Crippen molar-refractivity contribution in [1.29, 1.82) is 0 Å². The number of hydrogen-bond donors (Lipinski definition) is 3. The summed E-state index contributed by atoms with van der Waals surface area (Å²) in [7, 11) is 1.50. The molecule has 4 N–H and O–H groups in total. The zero-order chi connectivity index (χ0) is 14.5. The molecule has 1 amide bonds. The molecular weight excluding hydrogens is 244 g/mol. The van der Waals surface area contributed by atoms with Crippen LogP contribution in [0.3, 0.4) is 0 Å². The summed E-state index contributed by atoms with van der Waals surface area (Å²) >= 11 is 0. The van der Waals surface area contributed by atoms with E-state index < -0.39 is 5.54 Å². The Bertz CT molecular complexity index is 434. The first-order valence-corrected chi connectivity index (χ1v) is 6.41. The molecule has 0 unspecified atom stereocenters. The lowest BCUT2D eigenvalue weighted by Crippen LogP contribution is -2.52. The molecule has 1 rings (SSSR count). The zero-order valence-corrected chi connectivity index (χ0v) is 11.7. The van der Waals surface area contributed by atoms with Gasteiger partial charge in [-0.25, -0.2) is 0 Å². The van der Waals surface area contributed by atoms with Crippen molar-refractivity contribution in [3.8, 4) is 11.5 Å². The number of nitrogens with two attached hydrogens (primary N) is 1. The van der Waals surface area contributed by atoms with Crippen LogP contribution < -0.4 is 15.8 Å². The largest absolute Gasteiger partial charge is 0.507 e. The molecule has 0 aliphatic heterocycles. The highest BCUT2D eigenvalue weighted by molar-refractivity contribution is 5.97. The van der Waals surface area contributed by atoms with Crippen LogP contribution in [0.15, 0.2) is 18.2 Å². The quantitative estimate of drug-likeness (QED) is 0.731. The monoisotopic (exact) mass is 266 g/mol. The first-order valence-electron chi connectivity index (χ1n) is 6.41. The Kier molecular flexibility index (Phi) is 5.18. The number of hydrogen-bond acceptors (Lipinski definition) is 4. The number of phenols is 1. The molecule has 0 aliphatic rings. The van der Waals surface area contributed by atoms with Gasteiger partial charge < -0.3 is 20.9 Å². The molecule has 0 bridgehead atoms. The van der Waals surface area contributed by atoms with Crippen LogP contribution in [-0.2, 0) is 0 Å². The van der Waals surface area contributed by atoms with E-state index in [2.05, 4.69) is 5.32 Å².